The Labute approximate surface area is 181 Å². The highest BCUT2D eigenvalue weighted by atomic mass is 16.5. The molecule has 0 aliphatic carbocycles. The third kappa shape index (κ3) is 3.93. The molecule has 2 aromatic heterocycles. The van der Waals surface area contributed by atoms with Crippen LogP contribution in [0.3, 0.4) is 0 Å². The van der Waals surface area contributed by atoms with Crippen LogP contribution >= 0.6 is 0 Å². The Kier molecular flexibility index (Phi) is 5.19. The number of carbonyl (C=O) groups is 1. The Morgan fingerprint density at radius 3 is 2.94 bits per heavy atom. The summed E-state index contributed by atoms with van der Waals surface area (Å²) in [4.78, 5) is 17.8. The first-order valence-corrected chi connectivity index (χ1v) is 10.8. The van der Waals surface area contributed by atoms with E-state index >= 15 is 0 Å². The second-order valence-electron chi connectivity index (χ2n) is 8.15. The monoisotopic (exact) mass is 421 g/mol. The van der Waals surface area contributed by atoms with Gasteiger partial charge in [-0.2, -0.15) is 5.10 Å². The molecule has 162 valence electrons. The summed E-state index contributed by atoms with van der Waals surface area (Å²) in [6.45, 7) is 6.58. The van der Waals surface area contributed by atoms with Crippen LogP contribution in [0.25, 0.3) is 10.9 Å². The number of anilines is 2. The maximum absolute atomic E-state index is 13.0. The molecule has 0 saturated carbocycles. The Morgan fingerprint density at radius 2 is 2.13 bits per heavy atom. The number of fused-ring (bicyclic) bond motifs is 2. The quantitative estimate of drug-likeness (QED) is 0.676. The number of piperazine rings is 1. The minimum absolute atomic E-state index is 0.282. The third-order valence-corrected chi connectivity index (χ3v) is 6.07. The van der Waals surface area contributed by atoms with E-state index in [4.69, 9.17) is 4.74 Å². The van der Waals surface area contributed by atoms with E-state index in [1.54, 1.807) is 16.8 Å². The van der Waals surface area contributed by atoms with Crippen LogP contribution in [-0.4, -0.2) is 69.6 Å². The molecule has 0 radical (unpaired) electrons. The lowest BCUT2D eigenvalue weighted by atomic mass is 10.1. The predicted molar refractivity (Wildman–Crippen MR) is 119 cm³/mol. The van der Waals surface area contributed by atoms with Crippen LogP contribution in [0.15, 0.2) is 30.5 Å². The first-order chi connectivity index (χ1) is 15.1. The van der Waals surface area contributed by atoms with Crippen molar-refractivity contribution in [2.75, 3.05) is 43.0 Å². The van der Waals surface area contributed by atoms with Gasteiger partial charge in [-0.25, -0.2) is 0 Å². The number of rotatable bonds is 5. The zero-order valence-electron chi connectivity index (χ0n) is 17.9. The summed E-state index contributed by atoms with van der Waals surface area (Å²) in [6, 6.07) is 7.95. The molecule has 1 atom stereocenters. The number of nitrogens with zero attached hydrogens (tertiary/aromatic N) is 6. The van der Waals surface area contributed by atoms with Crippen LogP contribution < -0.4 is 15.0 Å². The Balaban J connectivity index is 1.32. The molecule has 1 amide bonds. The molecule has 2 fully saturated rings. The third-order valence-electron chi connectivity index (χ3n) is 6.07. The minimum Gasteiger partial charge on any atom is -0.493 e. The Bertz CT molecular complexity index is 1100. The Hall–Kier alpha value is -3.20. The van der Waals surface area contributed by atoms with Gasteiger partial charge in [-0.05, 0) is 44.5 Å². The van der Waals surface area contributed by atoms with E-state index in [0.717, 1.165) is 36.4 Å². The largest absolute Gasteiger partial charge is 0.493 e. The Morgan fingerprint density at radius 1 is 1.23 bits per heavy atom. The van der Waals surface area contributed by atoms with Crippen molar-refractivity contribution in [3.05, 3.63) is 36.0 Å². The van der Waals surface area contributed by atoms with Crippen molar-refractivity contribution in [2.45, 2.75) is 25.8 Å². The van der Waals surface area contributed by atoms with Gasteiger partial charge in [0.25, 0.3) is 5.91 Å². The van der Waals surface area contributed by atoms with Gasteiger partial charge < -0.3 is 15.0 Å². The minimum atomic E-state index is -0.282. The summed E-state index contributed by atoms with van der Waals surface area (Å²) in [5.74, 6) is 1.50. The normalized spacial score (nSPS) is 18.9. The van der Waals surface area contributed by atoms with Crippen molar-refractivity contribution < 1.29 is 9.53 Å². The summed E-state index contributed by atoms with van der Waals surface area (Å²) >= 11 is 0. The second-order valence-corrected chi connectivity index (χ2v) is 8.15. The predicted octanol–water partition coefficient (Wildman–Crippen LogP) is 2.30. The molecular formula is C22H27N7O2. The van der Waals surface area contributed by atoms with Crippen molar-refractivity contribution in [1.82, 2.24) is 24.9 Å². The summed E-state index contributed by atoms with van der Waals surface area (Å²) in [7, 11) is 1.85. The highest BCUT2D eigenvalue weighted by molar-refractivity contribution is 6.08. The summed E-state index contributed by atoms with van der Waals surface area (Å²) in [5, 5.41) is 16.7. The standard InChI is InChI=1S/C22H27N7O2/c1-3-31-19-12-18-15(13-27(2)26-18)11-17(19)22(30)23-20-6-7-21(25-24-20)29-10-9-28-8-4-5-16(28)14-29/h6-7,11-13,16H,3-5,8-10,14H2,1-2H3,(H,23,24,30)/t16-/m1/s1. The molecule has 2 aliphatic rings. The lowest BCUT2D eigenvalue weighted by Crippen LogP contribution is -2.50. The smallest absolute Gasteiger partial charge is 0.260 e. The van der Waals surface area contributed by atoms with Gasteiger partial charge in [0.1, 0.15) is 5.75 Å². The van der Waals surface area contributed by atoms with E-state index < -0.39 is 0 Å². The van der Waals surface area contributed by atoms with Crippen LogP contribution in [0.1, 0.15) is 30.1 Å². The molecule has 5 rings (SSSR count). The van der Waals surface area contributed by atoms with E-state index in [-0.39, 0.29) is 5.91 Å². The van der Waals surface area contributed by atoms with Gasteiger partial charge in [0.2, 0.25) is 0 Å². The van der Waals surface area contributed by atoms with Crippen LogP contribution in [0.4, 0.5) is 11.6 Å². The fraction of sp³-hybridized carbons (Fsp3) is 0.455. The first kappa shape index (κ1) is 19.7. The van der Waals surface area contributed by atoms with Crippen molar-refractivity contribution >= 4 is 28.4 Å². The van der Waals surface area contributed by atoms with Crippen LogP contribution in [0.5, 0.6) is 5.75 Å². The maximum Gasteiger partial charge on any atom is 0.260 e. The molecule has 0 spiro atoms. The summed E-state index contributed by atoms with van der Waals surface area (Å²) < 4.78 is 7.41. The van der Waals surface area contributed by atoms with Crippen molar-refractivity contribution in [3.8, 4) is 5.75 Å². The van der Waals surface area contributed by atoms with Gasteiger partial charge >= 0.3 is 0 Å². The number of amides is 1. The SMILES string of the molecule is CCOc1cc2nn(C)cc2cc1C(=O)Nc1ccc(N2CCN3CCC[C@@H]3C2)nn1. The topological polar surface area (TPSA) is 88.4 Å². The van der Waals surface area contributed by atoms with Crippen molar-refractivity contribution in [1.29, 1.82) is 0 Å². The number of hydrogen-bond acceptors (Lipinski definition) is 7. The van der Waals surface area contributed by atoms with E-state index in [1.165, 1.54) is 19.4 Å². The lowest BCUT2D eigenvalue weighted by molar-refractivity contribution is 0.102. The number of aryl methyl sites for hydroxylation is 1. The molecule has 1 N–H and O–H groups in total. The van der Waals surface area contributed by atoms with Gasteiger partial charge in [-0.3, -0.25) is 14.4 Å². The molecule has 2 aliphatic heterocycles. The molecule has 0 unspecified atom stereocenters. The second kappa shape index (κ2) is 8.14. The number of aromatic nitrogens is 4. The van der Waals surface area contributed by atoms with Crippen molar-refractivity contribution in [2.24, 2.45) is 7.05 Å². The van der Waals surface area contributed by atoms with Gasteiger partial charge in [0.05, 0.1) is 17.7 Å². The summed E-state index contributed by atoms with van der Waals surface area (Å²) in [5.41, 5.74) is 1.24. The van der Waals surface area contributed by atoms with Gasteiger partial charge in [0.15, 0.2) is 11.6 Å². The molecule has 9 nitrogen and oxygen atoms in total. The number of ether oxygens (including phenoxy) is 1. The maximum atomic E-state index is 13.0. The first-order valence-electron chi connectivity index (χ1n) is 10.8. The molecule has 31 heavy (non-hydrogen) atoms. The summed E-state index contributed by atoms with van der Waals surface area (Å²) in [6.07, 6.45) is 4.41. The van der Waals surface area contributed by atoms with Gasteiger partial charge in [0, 0.05) is 50.4 Å². The van der Waals surface area contributed by atoms with E-state index in [2.05, 4.69) is 30.4 Å². The average molecular weight is 422 g/mol. The molecule has 0 bridgehead atoms. The fourth-order valence-corrected chi connectivity index (χ4v) is 4.57. The number of nitrogens with one attached hydrogen (secondary N) is 1. The van der Waals surface area contributed by atoms with Crippen molar-refractivity contribution in [3.63, 3.8) is 0 Å². The number of benzene rings is 1. The number of hydrogen-bond donors (Lipinski definition) is 1. The van der Waals surface area contributed by atoms with Crippen LogP contribution in [-0.2, 0) is 7.05 Å². The number of carbonyl (C=O) groups excluding carboxylic acids is 1. The van der Waals surface area contributed by atoms with Gasteiger partial charge in [-0.15, -0.1) is 10.2 Å². The molecule has 4 heterocycles. The molecule has 1 aromatic carbocycles. The van der Waals surface area contributed by atoms with Gasteiger partial charge in [-0.1, -0.05) is 0 Å². The molecule has 3 aromatic rings. The van der Waals surface area contributed by atoms with E-state index in [9.17, 15) is 4.79 Å². The fourth-order valence-electron chi connectivity index (χ4n) is 4.57. The molecule has 9 heteroatoms. The highest BCUT2D eigenvalue weighted by Gasteiger charge is 2.31. The average Bonchev–Trinajstić information content (AvgIpc) is 3.38. The molecular weight excluding hydrogens is 394 g/mol. The lowest BCUT2D eigenvalue weighted by Gasteiger charge is -2.37. The van der Waals surface area contributed by atoms with E-state index in [1.807, 2.05) is 32.3 Å². The van der Waals surface area contributed by atoms with Crippen LogP contribution in [0, 0.1) is 0 Å². The zero-order chi connectivity index (χ0) is 21.4. The molecule has 2 saturated heterocycles. The van der Waals surface area contributed by atoms with E-state index in [0.29, 0.717) is 29.8 Å². The van der Waals surface area contributed by atoms with Crippen LogP contribution in [0.2, 0.25) is 0 Å². The zero-order valence-corrected chi connectivity index (χ0v) is 17.9. The highest BCUT2D eigenvalue weighted by Crippen LogP contribution is 2.27.